The molecule has 0 bridgehead atoms. The zero-order chi connectivity index (χ0) is 17.5. The normalized spacial score (nSPS) is 15.1. The molecule has 2 aromatic heterocycles. The molecule has 6 nitrogen and oxygen atoms in total. The number of carbonyl (C=O) groups is 1. The van der Waals surface area contributed by atoms with Crippen molar-refractivity contribution in [3.8, 4) is 5.75 Å². The van der Waals surface area contributed by atoms with E-state index in [1.165, 1.54) is 23.8 Å². The number of hydrogen-bond donors (Lipinski definition) is 1. The zero-order valence-electron chi connectivity index (χ0n) is 13.5. The summed E-state index contributed by atoms with van der Waals surface area (Å²) < 4.78 is 7.26. The maximum absolute atomic E-state index is 12.8. The lowest BCUT2D eigenvalue weighted by molar-refractivity contribution is -0.114. The molecule has 0 aromatic carbocycles. The van der Waals surface area contributed by atoms with Gasteiger partial charge in [0.05, 0.1) is 10.7 Å². The molecule has 3 heterocycles. The first-order valence-electron chi connectivity index (χ1n) is 7.34. The number of halogens is 1. The van der Waals surface area contributed by atoms with E-state index in [0.29, 0.717) is 22.2 Å². The number of aromatic nitrogens is 2. The van der Waals surface area contributed by atoms with E-state index in [1.54, 1.807) is 24.4 Å². The molecule has 0 saturated carbocycles. The summed E-state index contributed by atoms with van der Waals surface area (Å²) >= 11 is 6.13. The van der Waals surface area contributed by atoms with Crippen molar-refractivity contribution in [2.24, 2.45) is 0 Å². The van der Waals surface area contributed by atoms with Crippen molar-refractivity contribution < 1.29 is 9.53 Å². The average Bonchev–Trinajstić information content (AvgIpc) is 2.48. The largest absolute Gasteiger partial charge is 0.481 e. The third kappa shape index (κ3) is 3.05. The molecule has 124 valence electrons. The molecule has 1 aliphatic rings. The van der Waals surface area contributed by atoms with Gasteiger partial charge in [0.15, 0.2) is 0 Å². The molecule has 0 fully saturated rings. The van der Waals surface area contributed by atoms with Gasteiger partial charge in [-0.05, 0) is 38.1 Å². The fraction of sp³-hybridized carbons (Fsp3) is 0.235. The Kier molecular flexibility index (Phi) is 3.93. The maximum Gasteiger partial charge on any atom is 0.279 e. The smallest absolute Gasteiger partial charge is 0.279 e. The molecular formula is C17H16ClN3O3. The van der Waals surface area contributed by atoms with Gasteiger partial charge in [0.2, 0.25) is 5.91 Å². The molecule has 0 saturated heterocycles. The van der Waals surface area contributed by atoms with Gasteiger partial charge in [0, 0.05) is 19.3 Å². The number of hydrogen-bond acceptors (Lipinski definition) is 4. The maximum atomic E-state index is 12.8. The van der Waals surface area contributed by atoms with Gasteiger partial charge < -0.3 is 10.1 Å². The van der Waals surface area contributed by atoms with Crippen molar-refractivity contribution in [1.29, 1.82) is 0 Å². The summed E-state index contributed by atoms with van der Waals surface area (Å²) in [5.74, 6) is 0.230. The topological polar surface area (TPSA) is 73.2 Å². The fourth-order valence-electron chi connectivity index (χ4n) is 2.57. The SMILES string of the molecule is CC(=O)Nc1cc(Cl)cn(C2=CC(C)(C)Oc3cccnc32)c1=O. The molecule has 24 heavy (non-hydrogen) atoms. The zero-order valence-corrected chi connectivity index (χ0v) is 14.2. The Labute approximate surface area is 143 Å². The first-order chi connectivity index (χ1) is 11.3. The van der Waals surface area contributed by atoms with Gasteiger partial charge in [-0.15, -0.1) is 0 Å². The Balaban J connectivity index is 2.24. The van der Waals surface area contributed by atoms with Gasteiger partial charge in [0.25, 0.3) is 5.56 Å². The minimum absolute atomic E-state index is 0.109. The van der Waals surface area contributed by atoms with Crippen molar-refractivity contribution in [3.63, 3.8) is 0 Å². The minimum atomic E-state index is -0.624. The summed E-state index contributed by atoms with van der Waals surface area (Å²) in [7, 11) is 0. The first-order valence-corrected chi connectivity index (χ1v) is 7.72. The number of anilines is 1. The number of ether oxygens (including phenoxy) is 1. The van der Waals surface area contributed by atoms with Crippen LogP contribution < -0.4 is 15.6 Å². The third-order valence-electron chi connectivity index (χ3n) is 3.42. The number of nitrogens with one attached hydrogen (secondary N) is 1. The molecule has 0 spiro atoms. The second-order valence-electron chi connectivity index (χ2n) is 6.01. The van der Waals surface area contributed by atoms with Gasteiger partial charge in [-0.2, -0.15) is 0 Å². The molecule has 1 aliphatic heterocycles. The van der Waals surface area contributed by atoms with Crippen LogP contribution in [-0.4, -0.2) is 21.1 Å². The summed E-state index contributed by atoms with van der Waals surface area (Å²) in [5.41, 5.74) is 0.185. The Morgan fingerprint density at radius 1 is 1.42 bits per heavy atom. The van der Waals surface area contributed by atoms with Gasteiger partial charge in [-0.1, -0.05) is 11.6 Å². The summed E-state index contributed by atoms with van der Waals surface area (Å²) in [5, 5.41) is 2.82. The lowest BCUT2D eigenvalue weighted by Crippen LogP contribution is -2.33. The van der Waals surface area contributed by atoms with E-state index in [4.69, 9.17) is 16.3 Å². The second-order valence-corrected chi connectivity index (χ2v) is 6.45. The number of carbonyl (C=O) groups excluding carboxylic acids is 1. The van der Waals surface area contributed by atoms with E-state index in [-0.39, 0.29) is 11.6 Å². The number of pyridine rings is 2. The standard InChI is InChI=1S/C17H16ClN3O3/c1-10(22)20-12-7-11(18)9-21(16(12)23)13-8-17(2,3)24-14-5-4-6-19-15(13)14/h4-9H,1-3H3,(H,20,22). The highest BCUT2D eigenvalue weighted by Crippen LogP contribution is 2.35. The van der Waals surface area contributed by atoms with Crippen LogP contribution >= 0.6 is 11.6 Å². The molecule has 0 radical (unpaired) electrons. The van der Waals surface area contributed by atoms with Crippen LogP contribution in [0.25, 0.3) is 5.70 Å². The van der Waals surface area contributed by atoms with Crippen LogP contribution in [0.2, 0.25) is 5.02 Å². The Morgan fingerprint density at radius 3 is 2.88 bits per heavy atom. The highest BCUT2D eigenvalue weighted by molar-refractivity contribution is 6.30. The van der Waals surface area contributed by atoms with Gasteiger partial charge >= 0.3 is 0 Å². The van der Waals surface area contributed by atoms with Crippen molar-refractivity contribution in [3.05, 3.63) is 57.7 Å². The molecule has 7 heteroatoms. The van der Waals surface area contributed by atoms with Crippen LogP contribution in [0.5, 0.6) is 5.75 Å². The summed E-state index contributed by atoms with van der Waals surface area (Å²) in [6, 6.07) is 4.98. The lowest BCUT2D eigenvalue weighted by Gasteiger charge is -2.30. The number of nitrogens with zero attached hydrogens (tertiary/aromatic N) is 2. The van der Waals surface area contributed by atoms with Crippen LogP contribution in [0.1, 0.15) is 26.5 Å². The van der Waals surface area contributed by atoms with E-state index in [1.807, 2.05) is 13.8 Å². The predicted molar refractivity (Wildman–Crippen MR) is 92.3 cm³/mol. The summed E-state index contributed by atoms with van der Waals surface area (Å²) in [4.78, 5) is 28.4. The molecule has 3 rings (SSSR count). The number of fused-ring (bicyclic) bond motifs is 1. The van der Waals surface area contributed by atoms with E-state index in [9.17, 15) is 9.59 Å². The van der Waals surface area contributed by atoms with Crippen molar-refractivity contribution in [2.75, 3.05) is 5.32 Å². The summed E-state index contributed by atoms with van der Waals surface area (Å²) in [6.45, 7) is 5.10. The number of rotatable bonds is 2. The minimum Gasteiger partial charge on any atom is -0.481 e. The molecule has 2 aromatic rings. The molecular weight excluding hydrogens is 330 g/mol. The van der Waals surface area contributed by atoms with E-state index < -0.39 is 11.2 Å². The third-order valence-corrected chi connectivity index (χ3v) is 3.63. The van der Waals surface area contributed by atoms with E-state index >= 15 is 0 Å². The predicted octanol–water partition coefficient (Wildman–Crippen LogP) is 2.92. The number of amides is 1. The molecule has 0 unspecified atom stereocenters. The van der Waals surface area contributed by atoms with Crippen LogP contribution in [-0.2, 0) is 4.79 Å². The van der Waals surface area contributed by atoms with Crippen LogP contribution in [0, 0.1) is 0 Å². The molecule has 1 N–H and O–H groups in total. The van der Waals surface area contributed by atoms with Crippen molar-refractivity contribution in [2.45, 2.75) is 26.4 Å². The Morgan fingerprint density at radius 2 is 2.17 bits per heavy atom. The Hall–Kier alpha value is -2.60. The van der Waals surface area contributed by atoms with E-state index in [0.717, 1.165) is 0 Å². The average molecular weight is 346 g/mol. The second kappa shape index (κ2) is 5.79. The fourth-order valence-corrected chi connectivity index (χ4v) is 2.77. The first kappa shape index (κ1) is 16.3. The van der Waals surface area contributed by atoms with Crippen LogP contribution in [0.3, 0.4) is 0 Å². The summed E-state index contributed by atoms with van der Waals surface area (Å²) in [6.07, 6.45) is 4.93. The molecule has 0 aliphatic carbocycles. The highest BCUT2D eigenvalue weighted by Gasteiger charge is 2.29. The van der Waals surface area contributed by atoms with Crippen LogP contribution in [0.15, 0.2) is 41.5 Å². The van der Waals surface area contributed by atoms with Crippen molar-refractivity contribution >= 4 is 28.9 Å². The van der Waals surface area contributed by atoms with Crippen LogP contribution in [0.4, 0.5) is 5.69 Å². The monoisotopic (exact) mass is 345 g/mol. The lowest BCUT2D eigenvalue weighted by atomic mass is 10.0. The highest BCUT2D eigenvalue weighted by atomic mass is 35.5. The van der Waals surface area contributed by atoms with E-state index in [2.05, 4.69) is 10.3 Å². The quantitative estimate of drug-likeness (QED) is 0.908. The molecule has 1 amide bonds. The Bertz CT molecular complexity index is 916. The van der Waals surface area contributed by atoms with Crippen molar-refractivity contribution in [1.82, 2.24) is 9.55 Å². The van der Waals surface area contributed by atoms with Gasteiger partial charge in [-0.3, -0.25) is 19.1 Å². The van der Waals surface area contributed by atoms with Gasteiger partial charge in [-0.25, -0.2) is 0 Å². The van der Waals surface area contributed by atoms with Gasteiger partial charge in [0.1, 0.15) is 22.7 Å². The molecule has 0 atom stereocenters.